The molecule has 0 heterocycles. The Balaban J connectivity index is 2.01. The van der Waals surface area contributed by atoms with Gasteiger partial charge in [0, 0.05) is 29.7 Å². The van der Waals surface area contributed by atoms with E-state index in [1.54, 1.807) is 31.2 Å². The first kappa shape index (κ1) is 31.2. The van der Waals surface area contributed by atoms with Gasteiger partial charge in [-0.25, -0.2) is 8.42 Å². The Morgan fingerprint density at radius 1 is 1.18 bits per heavy atom. The Morgan fingerprint density at radius 3 is 2.42 bits per heavy atom. The first-order chi connectivity index (χ1) is 19.0. The Morgan fingerprint density at radius 2 is 1.85 bits per heavy atom. The first-order valence-corrected chi connectivity index (χ1v) is 15.3. The van der Waals surface area contributed by atoms with Crippen LogP contribution in [-0.4, -0.2) is 62.0 Å². The third-order valence-corrected chi connectivity index (χ3v) is 8.45. The number of carbonyl (C=O) groups is 2. The average molecular weight is 595 g/mol. The number of nitro groups is 1. The molecule has 1 aliphatic carbocycles. The molecule has 0 bridgehead atoms. The third-order valence-electron chi connectivity index (χ3n) is 6.96. The highest BCUT2D eigenvalue weighted by atomic mass is 35.5. The van der Waals surface area contributed by atoms with Crippen LogP contribution in [0.3, 0.4) is 0 Å². The fraction of sp³-hybridized carbons (Fsp3) is 0.481. The molecule has 218 valence electrons. The van der Waals surface area contributed by atoms with E-state index in [1.807, 2.05) is 0 Å². The van der Waals surface area contributed by atoms with Crippen molar-refractivity contribution in [1.82, 2.24) is 10.2 Å². The van der Waals surface area contributed by atoms with Crippen molar-refractivity contribution in [3.63, 3.8) is 0 Å². The Bertz CT molecular complexity index is 1330. The molecule has 40 heavy (non-hydrogen) atoms. The molecule has 11 nitrogen and oxygen atoms in total. The van der Waals surface area contributed by atoms with Gasteiger partial charge < -0.3 is 15.0 Å². The Kier molecular flexibility index (Phi) is 10.7. The number of anilines is 1. The molecule has 3 rings (SSSR count). The molecule has 0 aromatic heterocycles. The van der Waals surface area contributed by atoms with E-state index >= 15 is 0 Å². The minimum absolute atomic E-state index is 0.00853. The monoisotopic (exact) mass is 594 g/mol. The van der Waals surface area contributed by atoms with Gasteiger partial charge in [-0.3, -0.25) is 24.0 Å². The molecule has 0 saturated heterocycles. The summed E-state index contributed by atoms with van der Waals surface area (Å²) in [5.74, 6) is -0.971. The molecule has 13 heteroatoms. The van der Waals surface area contributed by atoms with E-state index in [1.165, 1.54) is 24.1 Å². The summed E-state index contributed by atoms with van der Waals surface area (Å²) in [6.45, 7) is 1.02. The molecule has 1 N–H and O–H groups in total. The van der Waals surface area contributed by atoms with Crippen LogP contribution in [0.2, 0.25) is 5.02 Å². The number of methoxy groups -OCH3 is 1. The van der Waals surface area contributed by atoms with E-state index in [2.05, 4.69) is 5.32 Å². The highest BCUT2D eigenvalue weighted by Gasteiger charge is 2.34. The minimum Gasteiger partial charge on any atom is -0.495 e. The lowest BCUT2D eigenvalue weighted by Crippen LogP contribution is -2.54. The molecule has 0 unspecified atom stereocenters. The van der Waals surface area contributed by atoms with Crippen LogP contribution < -0.4 is 14.4 Å². The molecular weight excluding hydrogens is 560 g/mol. The number of halogens is 1. The number of non-ortho nitro benzene ring substituents is 1. The third kappa shape index (κ3) is 7.85. The number of rotatable bonds is 12. The first-order valence-electron chi connectivity index (χ1n) is 13.1. The highest BCUT2D eigenvalue weighted by molar-refractivity contribution is 7.92. The predicted octanol–water partition coefficient (Wildman–Crippen LogP) is 4.28. The average Bonchev–Trinajstić information content (AvgIpc) is 2.92. The predicted molar refractivity (Wildman–Crippen MR) is 153 cm³/mol. The Labute approximate surface area is 239 Å². The summed E-state index contributed by atoms with van der Waals surface area (Å²) >= 11 is 6.39. The summed E-state index contributed by atoms with van der Waals surface area (Å²) in [6, 6.07) is 9.48. The Hall–Kier alpha value is -3.38. The van der Waals surface area contributed by atoms with E-state index in [0.717, 1.165) is 48.7 Å². The maximum atomic E-state index is 13.9. The van der Waals surface area contributed by atoms with Crippen LogP contribution in [0.25, 0.3) is 0 Å². The van der Waals surface area contributed by atoms with Gasteiger partial charge in [-0.1, -0.05) is 56.0 Å². The van der Waals surface area contributed by atoms with Crippen LogP contribution in [-0.2, 0) is 26.2 Å². The molecule has 0 radical (unpaired) electrons. The number of carbonyl (C=O) groups excluding carboxylic acids is 2. The van der Waals surface area contributed by atoms with Crippen molar-refractivity contribution < 1.29 is 27.7 Å². The zero-order chi connectivity index (χ0) is 29.4. The number of amides is 2. The van der Waals surface area contributed by atoms with Crippen molar-refractivity contribution in [3.8, 4) is 5.75 Å². The van der Waals surface area contributed by atoms with Crippen molar-refractivity contribution in [2.45, 2.75) is 64.1 Å². The molecule has 0 spiro atoms. The summed E-state index contributed by atoms with van der Waals surface area (Å²) in [5, 5.41) is 14.9. The van der Waals surface area contributed by atoms with Gasteiger partial charge in [0.25, 0.3) is 5.69 Å². The summed E-state index contributed by atoms with van der Waals surface area (Å²) in [5.41, 5.74) is 0.0494. The van der Waals surface area contributed by atoms with Gasteiger partial charge in [-0.15, -0.1) is 0 Å². The molecule has 1 fully saturated rings. The maximum absolute atomic E-state index is 13.9. The van der Waals surface area contributed by atoms with Crippen LogP contribution in [0.1, 0.15) is 51.0 Å². The van der Waals surface area contributed by atoms with Crippen molar-refractivity contribution in [2.75, 3.05) is 24.2 Å². The van der Waals surface area contributed by atoms with Gasteiger partial charge in [0.1, 0.15) is 24.0 Å². The normalized spacial score (nSPS) is 14.7. The van der Waals surface area contributed by atoms with Crippen molar-refractivity contribution in [1.29, 1.82) is 0 Å². The summed E-state index contributed by atoms with van der Waals surface area (Å²) < 4.78 is 31.9. The highest BCUT2D eigenvalue weighted by Crippen LogP contribution is 2.34. The van der Waals surface area contributed by atoms with Crippen molar-refractivity contribution in [3.05, 3.63) is 63.2 Å². The van der Waals surface area contributed by atoms with Crippen LogP contribution in [0.4, 0.5) is 11.4 Å². The lowest BCUT2D eigenvalue weighted by atomic mass is 9.95. The van der Waals surface area contributed by atoms with E-state index < -0.39 is 33.4 Å². The number of sulfonamides is 1. The summed E-state index contributed by atoms with van der Waals surface area (Å²) in [6.07, 6.45) is 6.02. The minimum atomic E-state index is -4.12. The van der Waals surface area contributed by atoms with E-state index in [4.69, 9.17) is 16.3 Å². The topological polar surface area (TPSA) is 139 Å². The summed E-state index contributed by atoms with van der Waals surface area (Å²) in [4.78, 5) is 39.5. The molecule has 2 aromatic carbocycles. The standard InChI is InChI=1S/C27H35ClN4O7S/c1-4-23(27(34)29-20-11-6-5-7-12-20)30(17-19-10-8-9-13-22(19)28)26(33)18-31(40(3,37)38)24-16-21(32(35)36)14-15-25(24)39-2/h8-10,13-16,20,23H,4-7,11-12,17-18H2,1-3H3,(H,29,34)/t23-/m1/s1. The van der Waals surface area contributed by atoms with Crippen LogP contribution in [0.15, 0.2) is 42.5 Å². The SMILES string of the molecule is CC[C@H](C(=O)NC1CCCCC1)N(Cc1ccccc1Cl)C(=O)CN(c1cc([N+](=O)[O-])ccc1OC)S(C)(=O)=O. The number of benzene rings is 2. The second kappa shape index (κ2) is 13.8. The zero-order valence-electron chi connectivity index (χ0n) is 22.8. The molecule has 0 aliphatic heterocycles. The van der Waals surface area contributed by atoms with Gasteiger partial charge in [0.2, 0.25) is 21.8 Å². The van der Waals surface area contributed by atoms with E-state index in [9.17, 15) is 28.1 Å². The number of ether oxygens (including phenoxy) is 1. The molecule has 1 aliphatic rings. The fourth-order valence-corrected chi connectivity index (χ4v) is 5.90. The second-order valence-electron chi connectivity index (χ2n) is 9.76. The van der Waals surface area contributed by atoms with Gasteiger partial charge in [0.05, 0.1) is 18.3 Å². The number of nitro benzene ring substituents is 1. The van der Waals surface area contributed by atoms with Gasteiger partial charge >= 0.3 is 0 Å². The van der Waals surface area contributed by atoms with Crippen molar-refractivity contribution >= 4 is 44.8 Å². The number of hydrogen-bond acceptors (Lipinski definition) is 7. The van der Waals surface area contributed by atoms with E-state index in [0.29, 0.717) is 10.6 Å². The molecule has 2 amide bonds. The number of nitrogens with zero attached hydrogens (tertiary/aromatic N) is 3. The largest absolute Gasteiger partial charge is 0.495 e. The smallest absolute Gasteiger partial charge is 0.271 e. The second-order valence-corrected chi connectivity index (χ2v) is 12.1. The van der Waals surface area contributed by atoms with Gasteiger partial charge in [-0.2, -0.15) is 0 Å². The van der Waals surface area contributed by atoms with E-state index in [-0.39, 0.29) is 42.0 Å². The van der Waals surface area contributed by atoms with Crippen LogP contribution in [0, 0.1) is 10.1 Å². The number of nitrogens with one attached hydrogen (secondary N) is 1. The van der Waals surface area contributed by atoms with Gasteiger partial charge in [-0.05, 0) is 37.0 Å². The fourth-order valence-electron chi connectivity index (χ4n) is 4.86. The van der Waals surface area contributed by atoms with Crippen molar-refractivity contribution in [2.24, 2.45) is 0 Å². The molecule has 1 atom stereocenters. The molecular formula is C27H35ClN4O7S. The van der Waals surface area contributed by atoms with Gasteiger partial charge in [0.15, 0.2) is 0 Å². The van der Waals surface area contributed by atoms with Crippen LogP contribution in [0.5, 0.6) is 5.75 Å². The number of hydrogen-bond donors (Lipinski definition) is 1. The lowest BCUT2D eigenvalue weighted by Gasteiger charge is -2.34. The molecule has 2 aromatic rings. The molecule has 1 saturated carbocycles. The quantitative estimate of drug-likeness (QED) is 0.286. The lowest BCUT2D eigenvalue weighted by molar-refractivity contribution is -0.384. The summed E-state index contributed by atoms with van der Waals surface area (Å²) in [7, 11) is -2.83. The van der Waals surface area contributed by atoms with Crippen LogP contribution >= 0.6 is 11.6 Å². The zero-order valence-corrected chi connectivity index (χ0v) is 24.4. The maximum Gasteiger partial charge on any atom is 0.271 e.